The van der Waals surface area contributed by atoms with E-state index in [0.717, 1.165) is 4.90 Å². The Morgan fingerprint density at radius 2 is 1.90 bits per heavy atom. The van der Waals surface area contributed by atoms with Crippen molar-refractivity contribution in [2.24, 2.45) is 7.05 Å². The number of hydrogen-bond donors (Lipinski definition) is 1. The molecule has 0 aliphatic carbocycles. The molecule has 6 nitrogen and oxygen atoms in total. The predicted octanol–water partition coefficient (Wildman–Crippen LogP) is 1.08. The van der Waals surface area contributed by atoms with E-state index in [2.05, 4.69) is 0 Å². The first-order chi connectivity index (χ1) is 9.84. The molecule has 1 heterocycles. The summed E-state index contributed by atoms with van der Waals surface area (Å²) in [6.45, 7) is 1.42. The molecule has 0 radical (unpaired) electrons. The highest BCUT2D eigenvalue weighted by Gasteiger charge is 2.24. The predicted molar refractivity (Wildman–Crippen MR) is 78.4 cm³/mol. The number of amides is 1. The topological polar surface area (TPSA) is 79.6 Å². The van der Waals surface area contributed by atoms with Crippen LogP contribution in [0.4, 0.5) is 0 Å². The summed E-state index contributed by atoms with van der Waals surface area (Å²) < 4.78 is 1.45. The van der Waals surface area contributed by atoms with E-state index in [1.165, 1.54) is 24.6 Å². The second-order valence-corrected chi connectivity index (χ2v) is 4.90. The second kappa shape index (κ2) is 5.40. The van der Waals surface area contributed by atoms with Crippen LogP contribution < -0.4 is 5.56 Å². The fourth-order valence-electron chi connectivity index (χ4n) is 2.12. The smallest absolute Gasteiger partial charge is 0.326 e. The largest absolute Gasteiger partial charge is 0.480 e. The molecular weight excluding hydrogens is 272 g/mol. The number of pyridine rings is 1. The monoisotopic (exact) mass is 288 g/mol. The maximum atomic E-state index is 12.5. The van der Waals surface area contributed by atoms with Crippen LogP contribution in [0.5, 0.6) is 0 Å². The number of fused-ring (bicyclic) bond motifs is 1. The number of benzene rings is 1. The fourth-order valence-corrected chi connectivity index (χ4v) is 2.12. The summed E-state index contributed by atoms with van der Waals surface area (Å²) in [5, 5.41) is 9.62. The third kappa shape index (κ3) is 2.52. The van der Waals surface area contributed by atoms with Crippen molar-refractivity contribution in [1.82, 2.24) is 9.47 Å². The summed E-state index contributed by atoms with van der Waals surface area (Å²) in [4.78, 5) is 36.6. The van der Waals surface area contributed by atoms with Crippen molar-refractivity contribution in [3.05, 3.63) is 46.2 Å². The zero-order valence-corrected chi connectivity index (χ0v) is 12.0. The number of carbonyl (C=O) groups excluding carboxylic acids is 1. The van der Waals surface area contributed by atoms with Crippen molar-refractivity contribution < 1.29 is 14.7 Å². The van der Waals surface area contributed by atoms with Gasteiger partial charge in [0.15, 0.2) is 0 Å². The lowest BCUT2D eigenvalue weighted by Gasteiger charge is -2.22. The number of carbonyl (C=O) groups is 2. The van der Waals surface area contributed by atoms with Gasteiger partial charge in [-0.15, -0.1) is 0 Å². The lowest BCUT2D eigenvalue weighted by Crippen LogP contribution is -2.40. The van der Waals surface area contributed by atoms with Gasteiger partial charge in [0.25, 0.3) is 11.5 Å². The summed E-state index contributed by atoms with van der Waals surface area (Å²) in [5.74, 6) is -1.59. The van der Waals surface area contributed by atoms with Gasteiger partial charge in [-0.2, -0.15) is 0 Å². The molecule has 1 N–H and O–H groups in total. The summed E-state index contributed by atoms with van der Waals surface area (Å²) in [5.41, 5.74) is 0.530. The van der Waals surface area contributed by atoms with Crippen molar-refractivity contribution in [2.45, 2.75) is 13.0 Å². The van der Waals surface area contributed by atoms with Crippen LogP contribution in [0.2, 0.25) is 0 Å². The van der Waals surface area contributed by atoms with Gasteiger partial charge in [0.2, 0.25) is 0 Å². The zero-order chi connectivity index (χ0) is 15.7. The average Bonchev–Trinajstić information content (AvgIpc) is 2.48. The van der Waals surface area contributed by atoms with Crippen LogP contribution in [-0.4, -0.2) is 39.5 Å². The van der Waals surface area contributed by atoms with Crippen LogP contribution in [0, 0.1) is 0 Å². The Hall–Kier alpha value is -2.63. The van der Waals surface area contributed by atoms with Crippen LogP contribution in [0.3, 0.4) is 0 Å². The molecule has 1 aromatic carbocycles. The molecule has 110 valence electrons. The number of nitrogens with zero attached hydrogens (tertiary/aromatic N) is 2. The first-order valence-corrected chi connectivity index (χ1v) is 6.43. The summed E-state index contributed by atoms with van der Waals surface area (Å²) in [6.07, 6.45) is 0. The molecule has 1 atom stereocenters. The van der Waals surface area contributed by atoms with Gasteiger partial charge in [-0.05, 0) is 13.0 Å². The molecule has 0 aliphatic rings. The quantitative estimate of drug-likeness (QED) is 0.916. The third-order valence-corrected chi connectivity index (χ3v) is 3.64. The highest BCUT2D eigenvalue weighted by Crippen LogP contribution is 2.18. The molecule has 0 bridgehead atoms. The number of carboxylic acid groups (broad SMARTS) is 1. The van der Waals surface area contributed by atoms with E-state index in [1.807, 2.05) is 0 Å². The van der Waals surface area contributed by atoms with Crippen LogP contribution in [0.15, 0.2) is 35.1 Å². The van der Waals surface area contributed by atoms with E-state index in [9.17, 15) is 14.4 Å². The van der Waals surface area contributed by atoms with E-state index in [-0.39, 0.29) is 11.1 Å². The van der Waals surface area contributed by atoms with Gasteiger partial charge in [-0.25, -0.2) is 4.79 Å². The van der Waals surface area contributed by atoms with Crippen molar-refractivity contribution in [3.8, 4) is 0 Å². The lowest BCUT2D eigenvalue weighted by atomic mass is 10.1. The van der Waals surface area contributed by atoms with E-state index in [1.54, 1.807) is 31.3 Å². The second-order valence-electron chi connectivity index (χ2n) is 4.90. The molecule has 2 rings (SSSR count). The molecule has 6 heteroatoms. The van der Waals surface area contributed by atoms with Crippen LogP contribution >= 0.6 is 0 Å². The Balaban J connectivity index is 2.62. The molecule has 0 spiro atoms. The minimum absolute atomic E-state index is 0.212. The molecular formula is C15H16N2O4. The normalized spacial score (nSPS) is 12.1. The third-order valence-electron chi connectivity index (χ3n) is 3.64. The molecule has 0 fully saturated rings. The molecule has 1 amide bonds. The molecule has 21 heavy (non-hydrogen) atoms. The Kier molecular flexibility index (Phi) is 3.80. The van der Waals surface area contributed by atoms with Gasteiger partial charge >= 0.3 is 5.97 Å². The Morgan fingerprint density at radius 3 is 2.52 bits per heavy atom. The zero-order valence-electron chi connectivity index (χ0n) is 12.0. The van der Waals surface area contributed by atoms with Crippen LogP contribution in [-0.2, 0) is 11.8 Å². The number of likely N-dealkylation sites (N-methyl/N-ethyl adjacent to an activating group) is 1. The van der Waals surface area contributed by atoms with Crippen molar-refractivity contribution in [2.75, 3.05) is 7.05 Å². The van der Waals surface area contributed by atoms with Gasteiger partial charge in [0.1, 0.15) is 6.04 Å². The van der Waals surface area contributed by atoms with Gasteiger partial charge in [0.05, 0.1) is 11.1 Å². The number of rotatable bonds is 3. The molecule has 0 aliphatic heterocycles. The Morgan fingerprint density at radius 1 is 1.29 bits per heavy atom. The number of aromatic nitrogens is 1. The summed E-state index contributed by atoms with van der Waals surface area (Å²) >= 11 is 0. The van der Waals surface area contributed by atoms with Crippen molar-refractivity contribution in [1.29, 1.82) is 0 Å². The van der Waals surface area contributed by atoms with Gasteiger partial charge < -0.3 is 14.6 Å². The molecule has 2 aromatic rings. The van der Waals surface area contributed by atoms with E-state index in [0.29, 0.717) is 10.9 Å². The Labute approximate surface area is 121 Å². The SMILES string of the molecule is CC(C(=O)O)N(C)C(=O)c1cc(=O)n(C)c2ccccc12. The minimum atomic E-state index is -1.10. The molecule has 0 saturated carbocycles. The highest BCUT2D eigenvalue weighted by molar-refractivity contribution is 6.06. The van der Waals surface area contributed by atoms with Crippen LogP contribution in [0.1, 0.15) is 17.3 Å². The maximum absolute atomic E-state index is 12.5. The highest BCUT2D eigenvalue weighted by atomic mass is 16.4. The summed E-state index contributed by atoms with van der Waals surface area (Å²) in [6, 6.07) is 7.30. The van der Waals surface area contributed by atoms with Gasteiger partial charge in [-0.1, -0.05) is 18.2 Å². The average molecular weight is 288 g/mol. The van der Waals surface area contributed by atoms with Crippen LogP contribution in [0.25, 0.3) is 10.9 Å². The number of aliphatic carboxylic acids is 1. The van der Waals surface area contributed by atoms with Crippen molar-refractivity contribution in [3.63, 3.8) is 0 Å². The van der Waals surface area contributed by atoms with Crippen molar-refractivity contribution >= 4 is 22.8 Å². The molecule has 1 aromatic heterocycles. The molecule has 0 saturated heterocycles. The van der Waals surface area contributed by atoms with E-state index >= 15 is 0 Å². The maximum Gasteiger partial charge on any atom is 0.326 e. The first-order valence-electron chi connectivity index (χ1n) is 6.43. The van der Waals surface area contributed by atoms with Gasteiger partial charge in [-0.3, -0.25) is 9.59 Å². The molecule has 1 unspecified atom stereocenters. The Bertz CT molecular complexity index is 779. The van der Waals surface area contributed by atoms with E-state index in [4.69, 9.17) is 5.11 Å². The summed E-state index contributed by atoms with van der Waals surface area (Å²) in [7, 11) is 3.04. The van der Waals surface area contributed by atoms with Gasteiger partial charge in [0, 0.05) is 25.5 Å². The first kappa shape index (κ1) is 14.8. The number of aryl methyl sites for hydroxylation is 1. The number of carboxylic acids is 1. The number of para-hydroxylation sites is 1. The minimum Gasteiger partial charge on any atom is -0.480 e. The van der Waals surface area contributed by atoms with E-state index < -0.39 is 17.9 Å². The number of hydrogen-bond acceptors (Lipinski definition) is 3. The standard InChI is InChI=1S/C15H16N2O4/c1-9(15(20)21)16(2)14(19)11-8-13(18)17(3)12-7-5-4-6-10(11)12/h4-9H,1-3H3,(H,20,21). The fraction of sp³-hybridized carbons (Fsp3) is 0.267. The lowest BCUT2D eigenvalue weighted by molar-refractivity contribution is -0.141.